The van der Waals surface area contributed by atoms with Crippen LogP contribution in [0.4, 0.5) is 10.3 Å². The van der Waals surface area contributed by atoms with E-state index < -0.39 is 0 Å². The SMILES string of the molecule is Cc1ccc(Cl)c(F)c1.O=C1CCCCN1c1n[nH]c(-c2ccncc2)n1. The topological polar surface area (TPSA) is 74.8 Å². The Morgan fingerprint density at radius 2 is 1.96 bits per heavy atom. The molecule has 0 spiro atoms. The fourth-order valence-electron chi connectivity index (χ4n) is 2.63. The Morgan fingerprint density at radius 1 is 1.19 bits per heavy atom. The number of carbonyl (C=O) groups is 1. The van der Waals surface area contributed by atoms with Crippen LogP contribution in [0.15, 0.2) is 42.7 Å². The summed E-state index contributed by atoms with van der Waals surface area (Å²) < 4.78 is 12.4. The molecule has 3 aromatic rings. The van der Waals surface area contributed by atoms with Crippen LogP contribution in [0, 0.1) is 12.7 Å². The van der Waals surface area contributed by atoms with Crippen molar-refractivity contribution in [2.75, 3.05) is 11.4 Å². The van der Waals surface area contributed by atoms with E-state index in [1.807, 2.05) is 19.1 Å². The summed E-state index contributed by atoms with van der Waals surface area (Å²) in [6.45, 7) is 2.52. The lowest BCUT2D eigenvalue weighted by atomic mass is 10.1. The van der Waals surface area contributed by atoms with Crippen LogP contribution in [0.5, 0.6) is 0 Å². The molecule has 4 rings (SSSR count). The average Bonchev–Trinajstić information content (AvgIpc) is 3.17. The molecule has 1 aliphatic rings. The van der Waals surface area contributed by atoms with Crippen LogP contribution in [0.2, 0.25) is 5.02 Å². The number of benzene rings is 1. The van der Waals surface area contributed by atoms with E-state index in [0.717, 1.165) is 24.0 Å². The second-order valence-electron chi connectivity index (χ2n) is 6.14. The van der Waals surface area contributed by atoms with Crippen LogP contribution in [0.3, 0.4) is 0 Å². The largest absolute Gasteiger partial charge is 0.279 e. The van der Waals surface area contributed by atoms with Crippen LogP contribution < -0.4 is 4.90 Å². The van der Waals surface area contributed by atoms with Crippen molar-refractivity contribution in [3.05, 3.63) is 59.1 Å². The number of nitrogens with one attached hydrogen (secondary N) is 1. The number of halogens is 2. The lowest BCUT2D eigenvalue weighted by molar-refractivity contribution is -0.119. The number of rotatable bonds is 2. The summed E-state index contributed by atoms with van der Waals surface area (Å²) in [6, 6.07) is 8.42. The first-order valence-electron chi connectivity index (χ1n) is 8.59. The zero-order chi connectivity index (χ0) is 19.2. The quantitative estimate of drug-likeness (QED) is 0.716. The summed E-state index contributed by atoms with van der Waals surface area (Å²) in [7, 11) is 0. The zero-order valence-corrected chi connectivity index (χ0v) is 15.6. The second-order valence-corrected chi connectivity index (χ2v) is 6.55. The molecule has 0 bridgehead atoms. The molecule has 6 nitrogen and oxygen atoms in total. The van der Waals surface area contributed by atoms with Gasteiger partial charge in [0.2, 0.25) is 5.91 Å². The number of aryl methyl sites for hydroxylation is 1. The van der Waals surface area contributed by atoms with E-state index in [-0.39, 0.29) is 16.7 Å². The summed E-state index contributed by atoms with van der Waals surface area (Å²) in [5.74, 6) is 0.871. The van der Waals surface area contributed by atoms with Gasteiger partial charge >= 0.3 is 0 Å². The molecule has 2 aromatic heterocycles. The molecule has 1 fully saturated rings. The van der Waals surface area contributed by atoms with Crippen LogP contribution in [-0.2, 0) is 4.79 Å². The molecule has 1 aliphatic heterocycles. The number of anilines is 1. The predicted molar refractivity (Wildman–Crippen MR) is 102 cm³/mol. The highest BCUT2D eigenvalue weighted by Crippen LogP contribution is 2.20. The first-order chi connectivity index (χ1) is 13.0. The molecule has 0 aliphatic carbocycles. The van der Waals surface area contributed by atoms with Gasteiger partial charge in [-0.2, -0.15) is 4.98 Å². The monoisotopic (exact) mass is 387 g/mol. The van der Waals surface area contributed by atoms with Crippen LogP contribution in [0.1, 0.15) is 24.8 Å². The summed E-state index contributed by atoms with van der Waals surface area (Å²) in [6.07, 6.45) is 5.94. The molecule has 1 amide bonds. The van der Waals surface area contributed by atoms with Gasteiger partial charge in [-0.05, 0) is 49.6 Å². The van der Waals surface area contributed by atoms with Gasteiger partial charge in [0.15, 0.2) is 5.82 Å². The smallest absolute Gasteiger partial charge is 0.251 e. The van der Waals surface area contributed by atoms with E-state index in [9.17, 15) is 9.18 Å². The first-order valence-corrected chi connectivity index (χ1v) is 8.97. The molecule has 8 heteroatoms. The van der Waals surface area contributed by atoms with Crippen LogP contribution in [0.25, 0.3) is 11.4 Å². The molecule has 0 unspecified atom stereocenters. The van der Waals surface area contributed by atoms with Crippen LogP contribution in [-0.4, -0.2) is 32.6 Å². The first kappa shape index (κ1) is 19.0. The maximum Gasteiger partial charge on any atom is 0.251 e. The van der Waals surface area contributed by atoms with Gasteiger partial charge in [-0.25, -0.2) is 4.39 Å². The van der Waals surface area contributed by atoms with Crippen molar-refractivity contribution in [2.45, 2.75) is 26.2 Å². The molecule has 0 atom stereocenters. The maximum atomic E-state index is 12.4. The van der Waals surface area contributed by atoms with Gasteiger partial charge in [0.1, 0.15) is 5.82 Å². The van der Waals surface area contributed by atoms with Crippen LogP contribution >= 0.6 is 11.6 Å². The number of carbonyl (C=O) groups excluding carboxylic acids is 1. The molecule has 1 aromatic carbocycles. The van der Waals surface area contributed by atoms with Gasteiger partial charge in [-0.1, -0.05) is 17.7 Å². The number of piperidine rings is 1. The predicted octanol–water partition coefficient (Wildman–Crippen LogP) is 4.17. The Labute approximate surface area is 161 Å². The van der Waals surface area contributed by atoms with Crippen molar-refractivity contribution < 1.29 is 9.18 Å². The number of aromatic amines is 1. The summed E-state index contributed by atoms with van der Waals surface area (Å²) in [5.41, 5.74) is 1.80. The number of hydrogen-bond donors (Lipinski definition) is 1. The summed E-state index contributed by atoms with van der Waals surface area (Å²) >= 11 is 5.41. The highest BCUT2D eigenvalue weighted by Gasteiger charge is 2.23. The lowest BCUT2D eigenvalue weighted by Crippen LogP contribution is -2.35. The minimum atomic E-state index is -0.350. The van der Waals surface area contributed by atoms with E-state index in [2.05, 4.69) is 20.2 Å². The van der Waals surface area contributed by atoms with Gasteiger partial charge in [-0.3, -0.25) is 19.8 Å². The van der Waals surface area contributed by atoms with E-state index >= 15 is 0 Å². The minimum absolute atomic E-state index is 0.0986. The third-order valence-corrected chi connectivity index (χ3v) is 4.37. The Balaban J connectivity index is 0.000000197. The average molecular weight is 388 g/mol. The molecule has 1 saturated heterocycles. The van der Waals surface area contributed by atoms with Crippen molar-refractivity contribution in [2.24, 2.45) is 0 Å². The highest BCUT2D eigenvalue weighted by atomic mass is 35.5. The summed E-state index contributed by atoms with van der Waals surface area (Å²) in [4.78, 5) is 21.7. The molecule has 140 valence electrons. The fraction of sp³-hybridized carbons (Fsp3) is 0.263. The molecular formula is C19H19ClFN5O. The highest BCUT2D eigenvalue weighted by molar-refractivity contribution is 6.30. The van der Waals surface area contributed by atoms with Crippen molar-refractivity contribution in [3.63, 3.8) is 0 Å². The third-order valence-electron chi connectivity index (χ3n) is 4.07. The molecule has 27 heavy (non-hydrogen) atoms. The molecule has 0 radical (unpaired) electrons. The fourth-order valence-corrected chi connectivity index (χ4v) is 2.75. The number of pyridine rings is 1. The third kappa shape index (κ3) is 4.89. The van der Waals surface area contributed by atoms with E-state index in [0.29, 0.717) is 24.7 Å². The molecule has 3 heterocycles. The van der Waals surface area contributed by atoms with Crippen molar-refractivity contribution in [1.29, 1.82) is 0 Å². The second kappa shape index (κ2) is 8.73. The van der Waals surface area contributed by atoms with Crippen molar-refractivity contribution >= 4 is 23.5 Å². The van der Waals surface area contributed by atoms with Gasteiger partial charge in [0.05, 0.1) is 5.02 Å². The van der Waals surface area contributed by atoms with E-state index in [1.54, 1.807) is 29.4 Å². The Hall–Kier alpha value is -2.80. The van der Waals surface area contributed by atoms with Gasteiger partial charge in [-0.15, -0.1) is 5.10 Å². The Morgan fingerprint density at radius 3 is 2.63 bits per heavy atom. The van der Waals surface area contributed by atoms with E-state index in [4.69, 9.17) is 11.6 Å². The van der Waals surface area contributed by atoms with Crippen molar-refractivity contribution in [1.82, 2.24) is 20.2 Å². The number of nitrogens with zero attached hydrogens (tertiary/aromatic N) is 4. The zero-order valence-electron chi connectivity index (χ0n) is 14.8. The number of aromatic nitrogens is 4. The maximum absolute atomic E-state index is 12.4. The summed E-state index contributed by atoms with van der Waals surface area (Å²) in [5, 5.41) is 7.15. The molecular weight excluding hydrogens is 369 g/mol. The van der Waals surface area contributed by atoms with E-state index in [1.165, 1.54) is 6.07 Å². The Bertz CT molecular complexity index is 915. The molecule has 1 N–H and O–H groups in total. The number of amides is 1. The van der Waals surface area contributed by atoms with Gasteiger partial charge in [0, 0.05) is 30.9 Å². The van der Waals surface area contributed by atoms with Gasteiger partial charge in [0.25, 0.3) is 5.95 Å². The lowest BCUT2D eigenvalue weighted by Gasteiger charge is -2.22. The molecule has 0 saturated carbocycles. The number of H-pyrrole nitrogens is 1. The minimum Gasteiger partial charge on any atom is -0.279 e. The Kier molecular flexibility index (Phi) is 6.13. The standard InChI is InChI=1S/C12H13N5O.C7H6ClF/c18-10-3-1-2-8-17(10)12-14-11(15-16-12)9-4-6-13-7-5-9;1-5-2-3-6(8)7(9)4-5/h4-7H,1-3,8H2,(H,14,15,16);2-4H,1H3. The van der Waals surface area contributed by atoms with Gasteiger partial charge < -0.3 is 0 Å². The normalized spacial score (nSPS) is 13.9. The van der Waals surface area contributed by atoms with Crippen molar-refractivity contribution in [3.8, 4) is 11.4 Å². The number of hydrogen-bond acceptors (Lipinski definition) is 4.